The van der Waals surface area contributed by atoms with Gasteiger partial charge in [-0.25, -0.2) is 0 Å². The molecule has 1 atom stereocenters. The van der Waals surface area contributed by atoms with Gasteiger partial charge >= 0.3 is 0 Å². The fraction of sp³-hybridized carbons (Fsp3) is 0.368. The molecule has 0 aromatic heterocycles. The molecule has 0 unspecified atom stereocenters. The Labute approximate surface area is 121 Å². The van der Waals surface area contributed by atoms with E-state index >= 15 is 0 Å². The van der Waals surface area contributed by atoms with Crippen molar-refractivity contribution in [2.45, 2.75) is 25.4 Å². The van der Waals surface area contributed by atoms with Crippen LogP contribution in [-0.2, 0) is 6.54 Å². The van der Waals surface area contributed by atoms with Crippen molar-refractivity contribution in [3.8, 4) is 0 Å². The predicted octanol–water partition coefficient (Wildman–Crippen LogP) is 4.17. The van der Waals surface area contributed by atoms with Gasteiger partial charge in [-0.05, 0) is 0 Å². The molecule has 0 saturated carbocycles. The van der Waals surface area contributed by atoms with E-state index in [1.54, 1.807) is 5.56 Å². The number of piperidine rings is 1. The lowest BCUT2D eigenvalue weighted by Crippen LogP contribution is -2.44. The molecule has 0 aliphatic carbocycles. The summed E-state index contributed by atoms with van der Waals surface area (Å²) in [6, 6.07) is 23.0. The fourth-order valence-electron chi connectivity index (χ4n) is 4.59. The number of fused-ring (bicyclic) bond motifs is 2. The first-order chi connectivity index (χ1) is 9.87. The van der Waals surface area contributed by atoms with E-state index in [2.05, 4.69) is 60.7 Å². The predicted molar refractivity (Wildman–Crippen MR) is 82.0 cm³/mol. The molecule has 2 aromatic carbocycles. The molecule has 2 aromatic rings. The molecule has 102 valence electrons. The van der Waals surface area contributed by atoms with E-state index in [0.717, 1.165) is 12.0 Å². The first kappa shape index (κ1) is 12.2. The van der Waals surface area contributed by atoms with Crippen LogP contribution >= 0.6 is 0 Å². The Balaban J connectivity index is 1.69. The van der Waals surface area contributed by atoms with Gasteiger partial charge in [0.2, 0.25) is 0 Å². The van der Waals surface area contributed by atoms with Gasteiger partial charge in [0, 0.05) is 29.9 Å². The topological polar surface area (TPSA) is 0 Å². The molecule has 0 amide bonds. The molecule has 2 saturated heterocycles. The highest BCUT2D eigenvalue weighted by Crippen LogP contribution is 2.52. The SMILES string of the molecule is c1ccc(C[N+]23CCC(CC2)[C@@H]3c2ccccc2)cc1. The third kappa shape index (κ3) is 1.89. The standard InChI is InChI=1S/C19H22N/c1-3-7-16(8-4-1)15-20-13-11-18(12-14-20)19(20)17-9-5-2-6-10-17/h1-10,18-19H,11-15H2/q+1/t18?,19-,20?/m0/s1. The number of hydrogen-bond donors (Lipinski definition) is 0. The first-order valence-corrected chi connectivity index (χ1v) is 7.82. The minimum absolute atomic E-state index is 0.733. The van der Waals surface area contributed by atoms with E-state index in [0.29, 0.717) is 0 Å². The van der Waals surface area contributed by atoms with Crippen LogP contribution in [0.25, 0.3) is 0 Å². The monoisotopic (exact) mass is 264 g/mol. The van der Waals surface area contributed by atoms with E-state index in [1.807, 2.05) is 0 Å². The Bertz CT molecular complexity index is 567. The highest BCUT2D eigenvalue weighted by Gasteiger charge is 2.54. The molecule has 2 heterocycles. The van der Waals surface area contributed by atoms with Gasteiger partial charge in [0.1, 0.15) is 12.6 Å². The van der Waals surface area contributed by atoms with Crippen molar-refractivity contribution in [1.82, 2.24) is 0 Å². The van der Waals surface area contributed by atoms with Crippen LogP contribution in [0.1, 0.15) is 30.0 Å². The van der Waals surface area contributed by atoms with Crippen LogP contribution in [0.5, 0.6) is 0 Å². The van der Waals surface area contributed by atoms with Crippen LogP contribution in [0.3, 0.4) is 0 Å². The Morgan fingerprint density at radius 1 is 0.800 bits per heavy atom. The van der Waals surface area contributed by atoms with Crippen LogP contribution in [0, 0.1) is 5.92 Å². The highest BCUT2D eigenvalue weighted by atomic mass is 15.4. The minimum atomic E-state index is 0.733. The molecule has 2 aliphatic rings. The molecule has 2 aliphatic heterocycles. The van der Waals surface area contributed by atoms with Crippen molar-refractivity contribution in [1.29, 1.82) is 0 Å². The zero-order valence-corrected chi connectivity index (χ0v) is 11.9. The largest absolute Gasteiger partial charge is 0.313 e. The molecule has 0 N–H and O–H groups in total. The summed E-state index contributed by atoms with van der Waals surface area (Å²) >= 11 is 0. The quantitative estimate of drug-likeness (QED) is 0.730. The maximum Gasteiger partial charge on any atom is 0.118 e. The summed E-state index contributed by atoms with van der Waals surface area (Å²) in [6.07, 6.45) is 2.82. The summed E-state index contributed by atoms with van der Waals surface area (Å²) in [5.74, 6) is 0.904. The second kappa shape index (κ2) is 4.75. The summed E-state index contributed by atoms with van der Waals surface area (Å²) < 4.78 is 1.29. The molecule has 20 heavy (non-hydrogen) atoms. The Hall–Kier alpha value is -1.60. The van der Waals surface area contributed by atoms with Gasteiger partial charge < -0.3 is 4.48 Å². The lowest BCUT2D eigenvalue weighted by Gasteiger charge is -2.37. The molecule has 4 rings (SSSR count). The number of nitrogens with zero attached hydrogens (tertiary/aromatic N) is 1. The van der Waals surface area contributed by atoms with E-state index in [1.165, 1.54) is 42.5 Å². The van der Waals surface area contributed by atoms with Gasteiger partial charge in [-0.15, -0.1) is 0 Å². The van der Waals surface area contributed by atoms with E-state index in [-0.39, 0.29) is 0 Å². The third-order valence-electron chi connectivity index (χ3n) is 5.41. The molecule has 2 fully saturated rings. The first-order valence-electron chi connectivity index (χ1n) is 7.82. The summed E-state index contributed by atoms with van der Waals surface area (Å²) in [7, 11) is 0. The van der Waals surface area contributed by atoms with Crippen LogP contribution in [-0.4, -0.2) is 17.6 Å². The van der Waals surface area contributed by atoms with Gasteiger partial charge in [-0.2, -0.15) is 0 Å². The second-order valence-corrected chi connectivity index (χ2v) is 6.50. The number of benzene rings is 2. The lowest BCUT2D eigenvalue weighted by molar-refractivity contribution is -0.949. The molecule has 1 nitrogen and oxygen atoms in total. The van der Waals surface area contributed by atoms with Gasteiger partial charge in [0.05, 0.1) is 13.1 Å². The van der Waals surface area contributed by atoms with E-state index in [9.17, 15) is 0 Å². The van der Waals surface area contributed by atoms with E-state index in [4.69, 9.17) is 0 Å². The minimum Gasteiger partial charge on any atom is -0.313 e. The van der Waals surface area contributed by atoms with Crippen LogP contribution in [0.15, 0.2) is 60.7 Å². The number of quaternary nitrogens is 1. The zero-order valence-electron chi connectivity index (χ0n) is 11.9. The maximum atomic E-state index is 2.34. The second-order valence-electron chi connectivity index (χ2n) is 6.50. The Morgan fingerprint density at radius 2 is 1.40 bits per heavy atom. The number of rotatable bonds is 3. The Kier molecular flexibility index (Phi) is 2.89. The van der Waals surface area contributed by atoms with Crippen molar-refractivity contribution < 1.29 is 4.48 Å². The van der Waals surface area contributed by atoms with Gasteiger partial charge in [0.15, 0.2) is 0 Å². The highest BCUT2D eigenvalue weighted by molar-refractivity contribution is 5.21. The molecule has 0 radical (unpaired) electrons. The van der Waals surface area contributed by atoms with Crippen molar-refractivity contribution in [2.75, 3.05) is 13.1 Å². The van der Waals surface area contributed by atoms with E-state index < -0.39 is 0 Å². The number of hydrogen-bond acceptors (Lipinski definition) is 0. The van der Waals surface area contributed by atoms with Crippen molar-refractivity contribution >= 4 is 0 Å². The zero-order chi connectivity index (χ0) is 13.4. The molecular formula is C19H22N+. The van der Waals surface area contributed by atoms with Gasteiger partial charge in [0.25, 0.3) is 0 Å². The van der Waals surface area contributed by atoms with Gasteiger partial charge in [-0.1, -0.05) is 60.7 Å². The fourth-order valence-corrected chi connectivity index (χ4v) is 4.59. The van der Waals surface area contributed by atoms with Crippen molar-refractivity contribution in [2.24, 2.45) is 5.92 Å². The molecule has 0 spiro atoms. The third-order valence-corrected chi connectivity index (χ3v) is 5.41. The molecular weight excluding hydrogens is 242 g/mol. The summed E-state index contributed by atoms with van der Waals surface area (Å²) in [4.78, 5) is 0. The Morgan fingerprint density at radius 3 is 2.05 bits per heavy atom. The smallest absolute Gasteiger partial charge is 0.118 e. The summed E-state index contributed by atoms with van der Waals surface area (Å²) in [5, 5.41) is 0. The molecule has 1 heteroatoms. The van der Waals surface area contributed by atoms with Crippen molar-refractivity contribution in [3.05, 3.63) is 71.8 Å². The van der Waals surface area contributed by atoms with Crippen LogP contribution < -0.4 is 0 Å². The molecule has 2 bridgehead atoms. The summed E-state index contributed by atoms with van der Waals surface area (Å²) in [5.41, 5.74) is 3.06. The van der Waals surface area contributed by atoms with Gasteiger partial charge in [-0.3, -0.25) is 0 Å². The maximum absolute atomic E-state index is 2.34. The average molecular weight is 264 g/mol. The average Bonchev–Trinajstić information content (AvgIpc) is 3.04. The van der Waals surface area contributed by atoms with Crippen molar-refractivity contribution in [3.63, 3.8) is 0 Å². The normalized spacial score (nSPS) is 31.6. The van der Waals surface area contributed by atoms with Crippen LogP contribution in [0.2, 0.25) is 0 Å². The summed E-state index contributed by atoms with van der Waals surface area (Å²) in [6.45, 7) is 3.93. The van der Waals surface area contributed by atoms with Crippen LogP contribution in [0.4, 0.5) is 0 Å². The lowest BCUT2D eigenvalue weighted by atomic mass is 9.94.